The van der Waals surface area contributed by atoms with Crippen LogP contribution in [0.5, 0.6) is 0 Å². The van der Waals surface area contributed by atoms with Gasteiger partial charge in [-0.3, -0.25) is 53.3 Å². The number of carboxylic acid groups (broad SMARTS) is 1. The molecule has 22 N–H and O–H groups in total. The Hall–Kier alpha value is -6.06. The van der Waals surface area contributed by atoms with Gasteiger partial charge in [0.25, 0.3) is 0 Å². The predicted molar refractivity (Wildman–Crippen MR) is 329 cm³/mol. The van der Waals surface area contributed by atoms with Crippen molar-refractivity contribution in [3.8, 4) is 0 Å². The summed E-state index contributed by atoms with van der Waals surface area (Å²) < 4.78 is 14.1. The number of nitrogens with one attached hydrogen (secondary N) is 10. The minimum absolute atomic E-state index is 0.00266. The van der Waals surface area contributed by atoms with Crippen LogP contribution in [0.25, 0.3) is 0 Å². The Labute approximate surface area is 516 Å². The molecular weight excluding hydrogens is 1170 g/mol. The second-order valence-electron chi connectivity index (χ2n) is 22.4. The maximum atomic E-state index is 14.5. The molecular formula is C56H96FN15O13S2. The summed E-state index contributed by atoms with van der Waals surface area (Å²) in [4.78, 5) is 152. The van der Waals surface area contributed by atoms with E-state index in [1.54, 1.807) is 0 Å². The molecule has 1 aliphatic heterocycles. The molecule has 0 spiro atoms. The van der Waals surface area contributed by atoms with Gasteiger partial charge in [0, 0.05) is 54.6 Å². The molecule has 1 fully saturated rings. The molecule has 28 nitrogen and oxygen atoms in total. The van der Waals surface area contributed by atoms with Crippen LogP contribution in [-0.2, 0) is 59.2 Å². The van der Waals surface area contributed by atoms with Gasteiger partial charge in [0.15, 0.2) is 0 Å². The Balaban J connectivity index is 2.63. The lowest BCUT2D eigenvalue weighted by Gasteiger charge is -2.30. The number of nitrogens with two attached hydrogens (primary N) is 5. The average Bonchev–Trinajstić information content (AvgIpc) is 2.90. The van der Waals surface area contributed by atoms with Crippen molar-refractivity contribution in [1.29, 1.82) is 0 Å². The molecule has 31 heteroatoms. The summed E-state index contributed by atoms with van der Waals surface area (Å²) in [5, 5.41) is 46.2. The Kier molecular flexibility index (Phi) is 35.2. The fraction of sp³-hybridized carbons (Fsp3) is 0.696. The number of amides is 9. The standard InChI is InChI=1S/C56H96FN15O13S2/c1-9-11-13-14-15-16-17-18-36(74)25-63-41(28(3)58)50(78)72-46(33(8)73)55(83)71-43(30(5)60)52(80)66-39-26-86-87-27-40(56(84)85)67-53(81)44(31(6)61)70-54(82)45(32(7)62)68-47(75)37(19-12-10-2)64-48(76)38(24-34-20-22-35(57)23-21-34)65-51(79)42(29(4)59)69-49(39)77/h20-23,28-33,37-46,63,73H,9-19,24-27,58-62H2,1-8H3,(H,64,76)(H,65,79)(H,66,80)(H,67,81)(H,68,75)(H,69,77)(H,70,82)(H,71,83)(H,72,78)(H,84,85)/t28?,29?,30?,31?,32?,33-,37+,38+,39+,40+,41+,42+,43+,44+,45+,46+/m1/s1. The van der Waals surface area contributed by atoms with Crippen LogP contribution in [0.15, 0.2) is 24.3 Å². The number of unbranched alkanes of at least 4 members (excludes halogenated alkanes) is 7. The summed E-state index contributed by atoms with van der Waals surface area (Å²) in [6.07, 6.45) is 6.30. The van der Waals surface area contributed by atoms with E-state index in [1.165, 1.54) is 53.7 Å². The number of carbonyl (C=O) groups is 11. The van der Waals surface area contributed by atoms with Gasteiger partial charge in [0.2, 0.25) is 53.2 Å². The van der Waals surface area contributed by atoms with Gasteiger partial charge in [-0.15, -0.1) is 0 Å². The summed E-state index contributed by atoms with van der Waals surface area (Å²) in [7, 11) is 1.62. The highest BCUT2D eigenvalue weighted by molar-refractivity contribution is 8.76. The minimum Gasteiger partial charge on any atom is -0.480 e. The third kappa shape index (κ3) is 27.5. The zero-order valence-electron chi connectivity index (χ0n) is 51.1. The van der Waals surface area contributed by atoms with Crippen LogP contribution in [0.1, 0.15) is 132 Å². The second kappa shape index (κ2) is 39.8. The number of halogens is 1. The van der Waals surface area contributed by atoms with E-state index in [2.05, 4.69) is 60.1 Å². The first-order chi connectivity index (χ1) is 40.9. The van der Waals surface area contributed by atoms with Gasteiger partial charge in [0.05, 0.1) is 12.6 Å². The van der Waals surface area contributed by atoms with Crippen molar-refractivity contribution in [2.75, 3.05) is 18.1 Å². The number of Topliss-reactive ketones (excluding diaryl/α,β-unsaturated/α-hetero) is 1. The van der Waals surface area contributed by atoms with Crippen molar-refractivity contribution in [2.45, 2.75) is 229 Å². The Morgan fingerprint density at radius 3 is 1.56 bits per heavy atom. The number of hydrogen-bond acceptors (Lipinski definition) is 20. The van der Waals surface area contributed by atoms with Crippen molar-refractivity contribution in [1.82, 2.24) is 53.2 Å². The number of aliphatic hydroxyl groups is 1. The van der Waals surface area contributed by atoms with Gasteiger partial charge in [-0.2, -0.15) is 0 Å². The first-order valence-electron chi connectivity index (χ1n) is 29.6. The molecule has 9 amide bonds. The van der Waals surface area contributed by atoms with Gasteiger partial charge >= 0.3 is 5.97 Å². The first-order valence-corrected chi connectivity index (χ1v) is 32.1. The van der Waals surface area contributed by atoms with Crippen LogP contribution >= 0.6 is 21.6 Å². The highest BCUT2D eigenvalue weighted by Crippen LogP contribution is 2.24. The highest BCUT2D eigenvalue weighted by atomic mass is 33.1. The van der Waals surface area contributed by atoms with Gasteiger partial charge in [0.1, 0.15) is 72.0 Å². The fourth-order valence-corrected chi connectivity index (χ4v) is 11.2. The van der Waals surface area contributed by atoms with Crippen molar-refractivity contribution >= 4 is 86.5 Å². The Morgan fingerprint density at radius 1 is 0.575 bits per heavy atom. The summed E-state index contributed by atoms with van der Waals surface area (Å²) in [5.74, 6) is -12.2. The van der Waals surface area contributed by atoms with Crippen LogP contribution in [-0.4, -0.2) is 190 Å². The molecule has 0 aromatic heterocycles. The van der Waals surface area contributed by atoms with Crippen LogP contribution in [0.2, 0.25) is 0 Å². The fourth-order valence-electron chi connectivity index (χ4n) is 8.88. The monoisotopic (exact) mass is 1270 g/mol. The molecule has 5 unspecified atom stereocenters. The lowest BCUT2D eigenvalue weighted by molar-refractivity contribution is -0.141. The van der Waals surface area contributed by atoms with Gasteiger partial charge in [-0.25, -0.2) is 9.18 Å². The smallest absolute Gasteiger partial charge is 0.327 e. The van der Waals surface area contributed by atoms with Crippen LogP contribution < -0.4 is 81.8 Å². The lowest BCUT2D eigenvalue weighted by atomic mass is 10.0. The lowest BCUT2D eigenvalue weighted by Crippen LogP contribution is -2.65. The number of aliphatic hydroxyl groups excluding tert-OH is 1. The SMILES string of the molecule is CCCCCCCCCC(=O)CN[C@H](C(=O)N[C@H](C(=O)N[C@H](C(=O)N[C@H]1CSSC[C@@H](C(=O)O)NC(=O)[C@H](C(C)N)NC(=O)[C@H](C(C)N)NC(=O)[C@H](CCCC)NC(=O)[C@H](Cc2ccc(F)cc2)NC(=O)[C@H](C(C)N)NC1=O)C(C)N)[C@@H](C)O)C(C)N. The largest absolute Gasteiger partial charge is 0.480 e. The number of carboxylic acids is 1. The minimum atomic E-state index is -1.73. The van der Waals surface area contributed by atoms with Crippen molar-refractivity contribution in [3.05, 3.63) is 35.6 Å². The molecule has 0 aliphatic carbocycles. The molecule has 2 rings (SSSR count). The zero-order valence-corrected chi connectivity index (χ0v) is 52.8. The van der Waals surface area contributed by atoms with E-state index in [4.69, 9.17) is 28.7 Å². The Morgan fingerprint density at radius 2 is 1.03 bits per heavy atom. The normalized spacial score (nSPS) is 23.8. The number of rotatable bonds is 29. The predicted octanol–water partition coefficient (Wildman–Crippen LogP) is -2.81. The third-order valence-corrected chi connectivity index (χ3v) is 16.6. The molecule has 87 heavy (non-hydrogen) atoms. The topological polar surface area (TPSA) is 479 Å². The number of hydrogen-bond donors (Lipinski definition) is 17. The highest BCUT2D eigenvalue weighted by Gasteiger charge is 2.39. The third-order valence-electron chi connectivity index (χ3n) is 14.1. The van der Waals surface area contributed by atoms with E-state index in [-0.39, 0.29) is 31.6 Å². The van der Waals surface area contributed by atoms with Gasteiger partial charge in [-0.05, 0) is 72.1 Å². The van der Waals surface area contributed by atoms with E-state index < -0.39 is 173 Å². The molecule has 1 heterocycles. The van der Waals surface area contributed by atoms with Gasteiger partial charge < -0.3 is 86.7 Å². The number of carbonyl (C=O) groups excluding carboxylic acids is 10. The number of aliphatic carboxylic acids is 1. The first kappa shape index (κ1) is 77.0. The Bertz CT molecular complexity index is 2430. The molecule has 492 valence electrons. The van der Waals surface area contributed by atoms with Crippen molar-refractivity contribution in [2.24, 2.45) is 28.7 Å². The quantitative estimate of drug-likeness (QED) is 0.0284. The van der Waals surface area contributed by atoms with Crippen LogP contribution in [0.4, 0.5) is 4.39 Å². The summed E-state index contributed by atoms with van der Waals surface area (Å²) in [5.41, 5.74) is 31.4. The maximum absolute atomic E-state index is 14.5. The molecule has 1 saturated heterocycles. The van der Waals surface area contributed by atoms with Crippen molar-refractivity contribution in [3.63, 3.8) is 0 Å². The van der Waals surface area contributed by atoms with E-state index >= 15 is 0 Å². The molecule has 1 aromatic rings. The molecule has 0 saturated carbocycles. The average molecular weight is 1270 g/mol. The molecule has 1 aliphatic rings. The van der Waals surface area contributed by atoms with Crippen molar-refractivity contribution < 1.29 is 67.3 Å². The van der Waals surface area contributed by atoms with E-state index in [0.29, 0.717) is 24.8 Å². The molecule has 0 bridgehead atoms. The number of ketones is 1. The van der Waals surface area contributed by atoms with Gasteiger partial charge in [-0.1, -0.05) is 98.9 Å². The molecule has 0 radical (unpaired) electrons. The summed E-state index contributed by atoms with van der Waals surface area (Å²) >= 11 is 0. The summed E-state index contributed by atoms with van der Waals surface area (Å²) in [6, 6.07) is -16.5. The second-order valence-corrected chi connectivity index (χ2v) is 24.9. The van der Waals surface area contributed by atoms with E-state index in [9.17, 15) is 67.3 Å². The number of benzene rings is 1. The zero-order chi connectivity index (χ0) is 65.7. The van der Waals surface area contributed by atoms with Crippen LogP contribution in [0.3, 0.4) is 0 Å². The van der Waals surface area contributed by atoms with Crippen LogP contribution in [0, 0.1) is 5.82 Å². The molecule has 16 atom stereocenters. The van der Waals surface area contributed by atoms with E-state index in [0.717, 1.165) is 72.2 Å². The molecule has 1 aromatic carbocycles. The van der Waals surface area contributed by atoms with E-state index in [1.807, 2.05) is 6.92 Å². The maximum Gasteiger partial charge on any atom is 0.327 e. The summed E-state index contributed by atoms with van der Waals surface area (Å²) in [6.45, 7) is 11.9.